The second-order valence-electron chi connectivity index (χ2n) is 2.97. The molecule has 0 spiro atoms. The Morgan fingerprint density at radius 1 is 1.44 bits per heavy atom. The summed E-state index contributed by atoms with van der Waals surface area (Å²) in [7, 11) is 1.13. The monoisotopic (exact) mass is 233 g/mol. The lowest BCUT2D eigenvalue weighted by Crippen LogP contribution is -2.23. The number of ether oxygens (including phenoxy) is 1. The van der Waals surface area contributed by atoms with Gasteiger partial charge in [0.05, 0.1) is 19.3 Å². The van der Waals surface area contributed by atoms with Crippen LogP contribution in [-0.2, 0) is 19.2 Å². The van der Waals surface area contributed by atoms with Gasteiger partial charge in [-0.1, -0.05) is 26.8 Å². The van der Waals surface area contributed by atoms with Gasteiger partial charge in [-0.25, -0.2) is 0 Å². The number of hydrogen-bond acceptors (Lipinski definition) is 6. The van der Waals surface area contributed by atoms with E-state index in [0.717, 1.165) is 7.11 Å². The van der Waals surface area contributed by atoms with E-state index in [-0.39, 0.29) is 0 Å². The van der Waals surface area contributed by atoms with Gasteiger partial charge in [0, 0.05) is 0 Å². The van der Waals surface area contributed by atoms with E-state index < -0.39 is 30.0 Å². The van der Waals surface area contributed by atoms with Crippen molar-refractivity contribution in [1.82, 2.24) is 0 Å². The Hall–Kier alpha value is -1.56. The average molecular weight is 233 g/mol. The zero-order chi connectivity index (χ0) is 13.1. The van der Waals surface area contributed by atoms with Crippen LogP contribution < -0.4 is 5.90 Å². The molecule has 6 heteroatoms. The Kier molecular flexibility index (Phi) is 10.5. The Bertz CT molecular complexity index is 239. The third-order valence-electron chi connectivity index (χ3n) is 1.39. The fourth-order valence-electron chi connectivity index (χ4n) is 0.694. The highest BCUT2D eigenvalue weighted by Gasteiger charge is 2.26. The summed E-state index contributed by atoms with van der Waals surface area (Å²) in [6.45, 7) is 7.37. The smallest absolute Gasteiger partial charge is 0.325 e. The summed E-state index contributed by atoms with van der Waals surface area (Å²) >= 11 is 0. The van der Waals surface area contributed by atoms with Gasteiger partial charge in [0.25, 0.3) is 0 Å². The third-order valence-corrected chi connectivity index (χ3v) is 1.39. The van der Waals surface area contributed by atoms with Crippen molar-refractivity contribution in [3.63, 3.8) is 0 Å². The van der Waals surface area contributed by atoms with Crippen molar-refractivity contribution in [2.24, 2.45) is 11.8 Å². The molecule has 0 fully saturated rings. The van der Waals surface area contributed by atoms with Crippen molar-refractivity contribution >= 4 is 11.9 Å². The van der Waals surface area contributed by atoms with Crippen molar-refractivity contribution in [1.29, 1.82) is 0 Å². The van der Waals surface area contributed by atoms with E-state index in [2.05, 4.69) is 35.9 Å². The van der Waals surface area contributed by atoms with E-state index >= 15 is 0 Å². The van der Waals surface area contributed by atoms with E-state index in [1.807, 2.05) is 0 Å². The lowest BCUT2D eigenvalue weighted by Gasteiger charge is -2.10. The Morgan fingerprint density at radius 3 is 2.12 bits per heavy atom. The summed E-state index contributed by atoms with van der Waals surface area (Å²) < 4.78 is 4.31. The van der Waals surface area contributed by atoms with Crippen LogP contribution in [0.1, 0.15) is 26.7 Å². The van der Waals surface area contributed by atoms with Gasteiger partial charge >= 0.3 is 11.9 Å². The first-order valence-corrected chi connectivity index (χ1v) is 4.79. The standard InChI is InChI=1S/C7H11NO5.C3H8/c1-4(9)5(7(11)12-2)3-6(10)13-8;1-3-2/h5,9H,1,3,8H2,2H3;3H2,1-2H3. The van der Waals surface area contributed by atoms with Crippen LogP contribution in [0.5, 0.6) is 0 Å². The molecule has 0 aromatic rings. The molecule has 0 bridgehead atoms. The molecule has 6 nitrogen and oxygen atoms in total. The predicted molar refractivity (Wildman–Crippen MR) is 58.1 cm³/mol. The van der Waals surface area contributed by atoms with Crippen LogP contribution in [0.3, 0.4) is 0 Å². The lowest BCUT2D eigenvalue weighted by molar-refractivity contribution is -0.153. The van der Waals surface area contributed by atoms with Crippen LogP contribution in [-0.4, -0.2) is 24.2 Å². The molecule has 3 N–H and O–H groups in total. The number of aliphatic hydroxyl groups is 1. The maximum Gasteiger partial charge on any atom is 0.325 e. The molecule has 0 radical (unpaired) electrons. The second-order valence-corrected chi connectivity index (χ2v) is 2.97. The third kappa shape index (κ3) is 7.81. The molecule has 0 saturated carbocycles. The van der Waals surface area contributed by atoms with Gasteiger partial charge < -0.3 is 14.7 Å². The summed E-state index contributed by atoms with van der Waals surface area (Å²) in [6.07, 6.45) is 0.860. The first kappa shape index (κ1) is 16.9. The maximum absolute atomic E-state index is 10.9. The zero-order valence-electron chi connectivity index (χ0n) is 9.86. The molecule has 1 unspecified atom stereocenters. The number of aliphatic hydroxyl groups excluding tert-OH is 1. The Morgan fingerprint density at radius 2 is 1.88 bits per heavy atom. The highest BCUT2D eigenvalue weighted by Crippen LogP contribution is 2.13. The van der Waals surface area contributed by atoms with Crippen LogP contribution in [0.4, 0.5) is 0 Å². The molecule has 0 heterocycles. The van der Waals surface area contributed by atoms with Gasteiger partial charge in [-0.05, 0) is 0 Å². The molecule has 0 saturated heterocycles. The minimum Gasteiger partial charge on any atom is -0.512 e. The largest absolute Gasteiger partial charge is 0.512 e. The van der Waals surface area contributed by atoms with Crippen LogP contribution in [0, 0.1) is 5.92 Å². The molecule has 0 aromatic carbocycles. The molecular formula is C10H19NO5. The Balaban J connectivity index is 0. The lowest BCUT2D eigenvalue weighted by atomic mass is 10.0. The average Bonchev–Trinajstić information content (AvgIpc) is 2.25. The highest BCUT2D eigenvalue weighted by molar-refractivity contribution is 5.81. The molecule has 0 rings (SSSR count). The molecule has 0 aliphatic rings. The van der Waals surface area contributed by atoms with Gasteiger partial charge in [0.1, 0.15) is 5.92 Å². The summed E-state index contributed by atoms with van der Waals surface area (Å²) in [5.41, 5.74) is 0. The van der Waals surface area contributed by atoms with Gasteiger partial charge in [-0.2, -0.15) is 5.90 Å². The zero-order valence-corrected chi connectivity index (χ0v) is 9.86. The van der Waals surface area contributed by atoms with E-state index in [4.69, 9.17) is 5.11 Å². The SMILES string of the molecule is C=C(O)C(CC(=O)ON)C(=O)OC.CCC. The van der Waals surface area contributed by atoms with Crippen LogP contribution in [0.2, 0.25) is 0 Å². The fraction of sp³-hybridized carbons (Fsp3) is 0.600. The molecule has 94 valence electrons. The number of hydrogen-bond donors (Lipinski definition) is 2. The first-order chi connectivity index (χ1) is 7.44. The van der Waals surface area contributed by atoms with Crippen LogP contribution in [0.25, 0.3) is 0 Å². The molecule has 0 aliphatic carbocycles. The molecule has 0 amide bonds. The van der Waals surface area contributed by atoms with E-state index in [9.17, 15) is 9.59 Å². The van der Waals surface area contributed by atoms with Crippen LogP contribution >= 0.6 is 0 Å². The number of methoxy groups -OCH3 is 1. The highest BCUT2D eigenvalue weighted by atomic mass is 16.7. The van der Waals surface area contributed by atoms with Gasteiger partial charge in [-0.3, -0.25) is 9.59 Å². The second kappa shape index (κ2) is 9.97. The minimum atomic E-state index is -1.12. The van der Waals surface area contributed by atoms with Crippen molar-refractivity contribution in [2.45, 2.75) is 26.7 Å². The number of nitrogens with two attached hydrogens (primary N) is 1. The minimum absolute atomic E-state index is 0.390. The summed E-state index contributed by atoms with van der Waals surface area (Å²) in [4.78, 5) is 25.4. The number of carbonyl (C=O) groups excluding carboxylic acids is 2. The first-order valence-electron chi connectivity index (χ1n) is 4.79. The van der Waals surface area contributed by atoms with Gasteiger partial charge in [0.15, 0.2) is 0 Å². The van der Waals surface area contributed by atoms with E-state index in [1.165, 1.54) is 6.42 Å². The van der Waals surface area contributed by atoms with Gasteiger partial charge in [-0.15, -0.1) is 0 Å². The number of rotatable bonds is 4. The number of esters is 1. The normalized spacial score (nSPS) is 10.5. The fourth-order valence-corrected chi connectivity index (χ4v) is 0.694. The van der Waals surface area contributed by atoms with Crippen molar-refractivity contribution in [2.75, 3.05) is 7.11 Å². The predicted octanol–water partition coefficient (Wildman–Crippen LogP) is 1.07. The Labute approximate surface area is 95.0 Å². The van der Waals surface area contributed by atoms with Crippen molar-refractivity contribution < 1.29 is 24.3 Å². The number of carbonyl (C=O) groups is 2. The molecule has 0 aliphatic heterocycles. The molecule has 0 aromatic heterocycles. The summed E-state index contributed by atoms with van der Waals surface area (Å²) in [6, 6.07) is 0. The summed E-state index contributed by atoms with van der Waals surface area (Å²) in [5, 5.41) is 8.91. The molecule has 16 heavy (non-hydrogen) atoms. The van der Waals surface area contributed by atoms with E-state index in [1.54, 1.807) is 0 Å². The van der Waals surface area contributed by atoms with Crippen molar-refractivity contribution in [3.05, 3.63) is 12.3 Å². The quantitative estimate of drug-likeness (QED) is 0.428. The molecular weight excluding hydrogens is 214 g/mol. The molecule has 1 atom stereocenters. The van der Waals surface area contributed by atoms with E-state index in [0.29, 0.717) is 0 Å². The van der Waals surface area contributed by atoms with Gasteiger partial charge in [0.2, 0.25) is 0 Å². The summed E-state index contributed by atoms with van der Waals surface area (Å²) in [5.74, 6) is 1.37. The van der Waals surface area contributed by atoms with Crippen LogP contribution in [0.15, 0.2) is 12.3 Å². The van der Waals surface area contributed by atoms with Crippen molar-refractivity contribution in [3.8, 4) is 0 Å². The maximum atomic E-state index is 10.9. The topological polar surface area (TPSA) is 98.9 Å².